The maximum absolute atomic E-state index is 11.6. The summed E-state index contributed by atoms with van der Waals surface area (Å²) in [5, 5.41) is 11.8. The van der Waals surface area contributed by atoms with Gasteiger partial charge in [-0.25, -0.2) is 4.79 Å². The number of pyridine rings is 1. The lowest BCUT2D eigenvalue weighted by Gasteiger charge is -2.21. The molecule has 0 bridgehead atoms. The Morgan fingerprint density at radius 1 is 1.37 bits per heavy atom. The van der Waals surface area contributed by atoms with Gasteiger partial charge in [0, 0.05) is 12.1 Å². The van der Waals surface area contributed by atoms with Crippen LogP contribution in [-0.4, -0.2) is 40.8 Å². The van der Waals surface area contributed by atoms with Crippen molar-refractivity contribution in [3.63, 3.8) is 0 Å². The number of carbonyl (C=O) groups excluding carboxylic acids is 1. The van der Waals surface area contributed by atoms with E-state index in [1.165, 1.54) is 7.11 Å². The van der Waals surface area contributed by atoms with E-state index in [0.717, 1.165) is 37.4 Å². The molecule has 3 heterocycles. The molecule has 0 radical (unpaired) electrons. The van der Waals surface area contributed by atoms with Crippen molar-refractivity contribution < 1.29 is 9.53 Å². The fourth-order valence-corrected chi connectivity index (χ4v) is 2.51. The van der Waals surface area contributed by atoms with E-state index < -0.39 is 0 Å². The lowest BCUT2D eigenvalue weighted by atomic mass is 9.97. The number of carbonyl (C=O) groups is 1. The molecule has 0 saturated carbocycles. The summed E-state index contributed by atoms with van der Waals surface area (Å²) in [6.07, 6.45) is 3.85. The molecule has 0 aromatic carbocycles. The number of nitrogens with one attached hydrogen (secondary N) is 1. The zero-order valence-corrected chi connectivity index (χ0v) is 10.8. The Kier molecular flexibility index (Phi) is 3.16. The van der Waals surface area contributed by atoms with Crippen LogP contribution < -0.4 is 5.32 Å². The van der Waals surface area contributed by atoms with Gasteiger partial charge in [0.1, 0.15) is 5.82 Å². The van der Waals surface area contributed by atoms with Gasteiger partial charge < -0.3 is 10.1 Å². The first kappa shape index (κ1) is 12.1. The first-order valence-corrected chi connectivity index (χ1v) is 6.43. The molecule has 6 heteroatoms. The van der Waals surface area contributed by atoms with Crippen LogP contribution in [0.2, 0.25) is 0 Å². The van der Waals surface area contributed by atoms with Crippen molar-refractivity contribution in [1.29, 1.82) is 0 Å². The smallest absolute Gasteiger partial charge is 0.339 e. The summed E-state index contributed by atoms with van der Waals surface area (Å²) in [5.74, 6) is 0.985. The molecule has 0 aliphatic carbocycles. The number of rotatable bonds is 2. The molecule has 1 aliphatic rings. The predicted octanol–water partition coefficient (Wildman–Crippen LogP) is 0.983. The van der Waals surface area contributed by atoms with E-state index in [0.29, 0.717) is 11.5 Å². The molecule has 1 saturated heterocycles. The minimum absolute atomic E-state index is 0.341. The number of methoxy groups -OCH3 is 1. The highest BCUT2D eigenvalue weighted by Crippen LogP contribution is 2.24. The molecule has 0 amide bonds. The number of aromatic nitrogens is 3. The molecule has 19 heavy (non-hydrogen) atoms. The van der Waals surface area contributed by atoms with Crippen molar-refractivity contribution in [3.8, 4) is 0 Å². The maximum Gasteiger partial charge on any atom is 0.339 e. The van der Waals surface area contributed by atoms with Gasteiger partial charge in [0.25, 0.3) is 0 Å². The number of piperidine rings is 1. The van der Waals surface area contributed by atoms with Crippen LogP contribution in [0.3, 0.4) is 0 Å². The van der Waals surface area contributed by atoms with Crippen LogP contribution in [0.25, 0.3) is 5.65 Å². The topological polar surface area (TPSA) is 68.5 Å². The summed E-state index contributed by atoms with van der Waals surface area (Å²) in [6.45, 7) is 1.99. The summed E-state index contributed by atoms with van der Waals surface area (Å²) < 4.78 is 6.65. The Balaban J connectivity index is 2.02. The number of ether oxygens (including phenoxy) is 1. The Morgan fingerprint density at radius 3 is 2.89 bits per heavy atom. The van der Waals surface area contributed by atoms with E-state index in [2.05, 4.69) is 15.5 Å². The average molecular weight is 260 g/mol. The van der Waals surface area contributed by atoms with Crippen molar-refractivity contribution >= 4 is 11.6 Å². The SMILES string of the molecule is COC(=O)c1ccc2nnc(C3CCNCC3)n2c1. The van der Waals surface area contributed by atoms with Crippen molar-refractivity contribution in [1.82, 2.24) is 19.9 Å². The second kappa shape index (κ2) is 4.97. The van der Waals surface area contributed by atoms with Crippen molar-refractivity contribution in [2.45, 2.75) is 18.8 Å². The number of fused-ring (bicyclic) bond motifs is 1. The monoisotopic (exact) mass is 260 g/mol. The highest BCUT2D eigenvalue weighted by molar-refractivity contribution is 5.89. The summed E-state index contributed by atoms with van der Waals surface area (Å²) >= 11 is 0. The summed E-state index contributed by atoms with van der Waals surface area (Å²) in [5.41, 5.74) is 1.28. The van der Waals surface area contributed by atoms with Gasteiger partial charge in [-0.1, -0.05) is 0 Å². The summed E-state index contributed by atoms with van der Waals surface area (Å²) in [6, 6.07) is 3.51. The predicted molar refractivity (Wildman–Crippen MR) is 69.2 cm³/mol. The zero-order chi connectivity index (χ0) is 13.2. The van der Waals surface area contributed by atoms with Gasteiger partial charge in [-0.05, 0) is 38.1 Å². The van der Waals surface area contributed by atoms with E-state index in [1.807, 2.05) is 4.40 Å². The molecule has 6 nitrogen and oxygen atoms in total. The van der Waals surface area contributed by atoms with E-state index in [9.17, 15) is 4.79 Å². The molecule has 2 aromatic heterocycles. The van der Waals surface area contributed by atoms with Crippen LogP contribution in [0.1, 0.15) is 34.9 Å². The second-order valence-corrected chi connectivity index (χ2v) is 4.72. The first-order chi connectivity index (χ1) is 9.29. The highest BCUT2D eigenvalue weighted by atomic mass is 16.5. The molecule has 2 aromatic rings. The van der Waals surface area contributed by atoms with Crippen LogP contribution in [0.5, 0.6) is 0 Å². The van der Waals surface area contributed by atoms with Crippen LogP contribution in [0.4, 0.5) is 0 Å². The number of hydrogen-bond acceptors (Lipinski definition) is 5. The molecular weight excluding hydrogens is 244 g/mol. The van der Waals surface area contributed by atoms with E-state index in [4.69, 9.17) is 4.74 Å². The third kappa shape index (κ3) is 2.19. The minimum atomic E-state index is -0.341. The molecule has 100 valence electrons. The normalized spacial score (nSPS) is 16.7. The van der Waals surface area contributed by atoms with Gasteiger partial charge in [-0.2, -0.15) is 0 Å². The third-order valence-corrected chi connectivity index (χ3v) is 3.55. The largest absolute Gasteiger partial charge is 0.465 e. The van der Waals surface area contributed by atoms with Gasteiger partial charge in [0.2, 0.25) is 0 Å². The van der Waals surface area contributed by atoms with Crippen molar-refractivity contribution in [2.75, 3.05) is 20.2 Å². The zero-order valence-electron chi connectivity index (χ0n) is 10.8. The van der Waals surface area contributed by atoms with Gasteiger partial charge in [0.15, 0.2) is 5.65 Å². The Hall–Kier alpha value is -1.95. The molecule has 0 unspecified atom stereocenters. The highest BCUT2D eigenvalue weighted by Gasteiger charge is 2.21. The average Bonchev–Trinajstić information content (AvgIpc) is 2.90. The quantitative estimate of drug-likeness (QED) is 0.815. The summed E-state index contributed by atoms with van der Waals surface area (Å²) in [4.78, 5) is 11.6. The Labute approximate surface area is 110 Å². The van der Waals surface area contributed by atoms with E-state index in [1.54, 1.807) is 18.3 Å². The van der Waals surface area contributed by atoms with Crippen LogP contribution in [0, 0.1) is 0 Å². The van der Waals surface area contributed by atoms with Crippen molar-refractivity contribution in [3.05, 3.63) is 29.7 Å². The minimum Gasteiger partial charge on any atom is -0.465 e. The van der Waals surface area contributed by atoms with Gasteiger partial charge in [0.05, 0.1) is 12.7 Å². The number of nitrogens with zero attached hydrogens (tertiary/aromatic N) is 3. The van der Waals surface area contributed by atoms with Crippen LogP contribution in [-0.2, 0) is 4.74 Å². The van der Waals surface area contributed by atoms with E-state index >= 15 is 0 Å². The van der Waals surface area contributed by atoms with Crippen molar-refractivity contribution in [2.24, 2.45) is 0 Å². The third-order valence-electron chi connectivity index (χ3n) is 3.55. The van der Waals surface area contributed by atoms with Gasteiger partial charge >= 0.3 is 5.97 Å². The summed E-state index contributed by atoms with van der Waals surface area (Å²) in [7, 11) is 1.38. The molecular formula is C13H16N4O2. The fourth-order valence-electron chi connectivity index (χ4n) is 2.51. The maximum atomic E-state index is 11.6. The fraction of sp³-hybridized carbons (Fsp3) is 0.462. The van der Waals surface area contributed by atoms with Gasteiger partial charge in [-0.15, -0.1) is 10.2 Å². The molecule has 0 spiro atoms. The lowest BCUT2D eigenvalue weighted by Crippen LogP contribution is -2.27. The molecule has 1 N–H and O–H groups in total. The lowest BCUT2D eigenvalue weighted by molar-refractivity contribution is 0.0600. The number of hydrogen-bond donors (Lipinski definition) is 1. The molecule has 1 fully saturated rings. The second-order valence-electron chi connectivity index (χ2n) is 4.72. The Morgan fingerprint density at radius 2 is 2.16 bits per heavy atom. The van der Waals surface area contributed by atoms with Gasteiger partial charge in [-0.3, -0.25) is 4.40 Å². The molecule has 3 rings (SSSR count). The molecule has 0 atom stereocenters. The molecule has 1 aliphatic heterocycles. The number of esters is 1. The van der Waals surface area contributed by atoms with E-state index in [-0.39, 0.29) is 5.97 Å². The standard InChI is InChI=1S/C13H16N4O2/c1-19-13(18)10-2-3-11-15-16-12(17(11)8-10)9-4-6-14-7-5-9/h2-3,8-9,14H,4-7H2,1H3. The Bertz CT molecular complexity index is 602. The van der Waals surface area contributed by atoms with Crippen LogP contribution in [0.15, 0.2) is 18.3 Å². The first-order valence-electron chi connectivity index (χ1n) is 6.43. The van der Waals surface area contributed by atoms with Crippen LogP contribution >= 0.6 is 0 Å².